The second kappa shape index (κ2) is 7.19. The fraction of sp³-hybridized carbons (Fsp3) is 0.438. The van der Waals surface area contributed by atoms with Crippen LogP contribution in [-0.4, -0.2) is 40.6 Å². The summed E-state index contributed by atoms with van der Waals surface area (Å²) in [7, 11) is -3.51. The topological polar surface area (TPSA) is 92.3 Å². The third-order valence-corrected chi connectivity index (χ3v) is 7.04. The summed E-state index contributed by atoms with van der Waals surface area (Å²) in [6, 6.07) is 6.83. The number of nitrogens with one attached hydrogen (secondary N) is 1. The molecule has 134 valence electrons. The third kappa shape index (κ3) is 3.73. The number of benzene rings is 1. The van der Waals surface area contributed by atoms with Crippen LogP contribution in [0.2, 0.25) is 0 Å². The maximum absolute atomic E-state index is 12.8. The van der Waals surface area contributed by atoms with Crippen LogP contribution in [0.15, 0.2) is 24.3 Å². The molecule has 1 amide bonds. The van der Waals surface area contributed by atoms with E-state index in [0.717, 1.165) is 22.6 Å². The number of carbonyl (C=O) groups is 1. The minimum absolute atomic E-state index is 0.0439. The van der Waals surface area contributed by atoms with Crippen molar-refractivity contribution in [1.29, 1.82) is 0 Å². The normalized spacial score (nSPS) is 17.9. The monoisotopic (exact) mass is 380 g/mol. The average molecular weight is 380 g/mol. The van der Waals surface area contributed by atoms with Crippen LogP contribution in [0.5, 0.6) is 0 Å². The summed E-state index contributed by atoms with van der Waals surface area (Å²) >= 11 is 1.30. The minimum Gasteiger partial charge on any atom is -0.299 e. The van der Waals surface area contributed by atoms with E-state index >= 15 is 0 Å². The van der Waals surface area contributed by atoms with E-state index in [-0.39, 0.29) is 18.2 Å². The zero-order chi connectivity index (χ0) is 18.0. The van der Waals surface area contributed by atoms with Crippen LogP contribution in [0.1, 0.15) is 30.0 Å². The van der Waals surface area contributed by atoms with E-state index in [9.17, 15) is 13.2 Å². The van der Waals surface area contributed by atoms with Gasteiger partial charge in [0.25, 0.3) is 0 Å². The number of aromatic nitrogens is 2. The van der Waals surface area contributed by atoms with E-state index in [2.05, 4.69) is 15.5 Å². The van der Waals surface area contributed by atoms with Gasteiger partial charge in [0.2, 0.25) is 21.1 Å². The highest BCUT2D eigenvalue weighted by molar-refractivity contribution is 7.89. The molecule has 1 atom stereocenters. The van der Waals surface area contributed by atoms with Gasteiger partial charge in [0, 0.05) is 6.54 Å². The lowest BCUT2D eigenvalue weighted by Crippen LogP contribution is -2.51. The molecule has 3 rings (SSSR count). The number of carbonyl (C=O) groups excluding carboxylic acids is 1. The molecule has 0 unspecified atom stereocenters. The lowest BCUT2D eigenvalue weighted by Gasteiger charge is -2.34. The highest BCUT2D eigenvalue weighted by atomic mass is 32.2. The Labute approximate surface area is 151 Å². The van der Waals surface area contributed by atoms with Crippen molar-refractivity contribution in [2.75, 3.05) is 11.1 Å². The van der Waals surface area contributed by atoms with Gasteiger partial charge in [0.15, 0.2) is 0 Å². The number of nitrogens with zero attached hydrogens (tertiary/aromatic N) is 3. The second-order valence-corrected chi connectivity index (χ2v) is 9.05. The summed E-state index contributed by atoms with van der Waals surface area (Å²) < 4.78 is 26.3. The van der Waals surface area contributed by atoms with Crippen molar-refractivity contribution in [1.82, 2.24) is 14.5 Å². The Morgan fingerprint density at radius 1 is 1.28 bits per heavy atom. The summed E-state index contributed by atoms with van der Waals surface area (Å²) in [4.78, 5) is 12.8. The quantitative estimate of drug-likeness (QED) is 0.854. The number of amides is 1. The van der Waals surface area contributed by atoms with E-state index < -0.39 is 16.1 Å². The molecule has 0 fully saturated rings. The molecule has 1 aliphatic heterocycles. The van der Waals surface area contributed by atoms with E-state index in [1.807, 2.05) is 31.2 Å². The molecule has 1 aromatic carbocycles. The fourth-order valence-corrected chi connectivity index (χ4v) is 4.72. The van der Waals surface area contributed by atoms with Crippen LogP contribution >= 0.6 is 11.3 Å². The lowest BCUT2D eigenvalue weighted by atomic mass is 9.95. The van der Waals surface area contributed by atoms with Gasteiger partial charge in [0.05, 0.1) is 5.75 Å². The van der Waals surface area contributed by atoms with Gasteiger partial charge >= 0.3 is 0 Å². The molecule has 1 aliphatic rings. The highest BCUT2D eigenvalue weighted by Crippen LogP contribution is 2.27. The van der Waals surface area contributed by atoms with E-state index in [1.165, 1.54) is 15.6 Å². The van der Waals surface area contributed by atoms with Crippen molar-refractivity contribution in [2.45, 2.75) is 39.3 Å². The maximum atomic E-state index is 12.8. The SMILES string of the molecule is CCc1nnc(NC(=O)[C@H]2Cc3ccccc3CN2S(=O)(=O)CC)s1. The van der Waals surface area contributed by atoms with Gasteiger partial charge in [-0.1, -0.05) is 42.5 Å². The Hall–Kier alpha value is -1.84. The molecule has 0 bridgehead atoms. The molecule has 0 saturated carbocycles. The first kappa shape index (κ1) is 18.0. The summed E-state index contributed by atoms with van der Waals surface area (Å²) in [6.07, 6.45) is 1.08. The molecule has 25 heavy (non-hydrogen) atoms. The van der Waals surface area contributed by atoms with Crippen LogP contribution in [0.3, 0.4) is 0 Å². The first-order valence-corrected chi connectivity index (χ1v) is 10.6. The zero-order valence-electron chi connectivity index (χ0n) is 14.1. The van der Waals surface area contributed by atoms with Gasteiger partial charge in [-0.2, -0.15) is 4.31 Å². The molecule has 0 spiro atoms. The van der Waals surface area contributed by atoms with Crippen LogP contribution in [-0.2, 0) is 34.2 Å². The molecular formula is C16H20N4O3S2. The molecule has 9 heteroatoms. The summed E-state index contributed by atoms with van der Waals surface area (Å²) in [6.45, 7) is 3.75. The molecule has 0 saturated heterocycles. The predicted molar refractivity (Wildman–Crippen MR) is 96.9 cm³/mol. The van der Waals surface area contributed by atoms with Gasteiger partial charge in [-0.05, 0) is 30.9 Å². The number of rotatable bonds is 5. The van der Waals surface area contributed by atoms with Crippen molar-refractivity contribution in [3.05, 3.63) is 40.4 Å². The first-order valence-electron chi connectivity index (χ1n) is 8.14. The van der Waals surface area contributed by atoms with Gasteiger partial charge in [-0.3, -0.25) is 10.1 Å². The Morgan fingerprint density at radius 2 is 2.00 bits per heavy atom. The molecule has 0 aliphatic carbocycles. The average Bonchev–Trinajstić information content (AvgIpc) is 3.08. The van der Waals surface area contributed by atoms with Crippen molar-refractivity contribution < 1.29 is 13.2 Å². The first-order chi connectivity index (χ1) is 11.9. The van der Waals surface area contributed by atoms with Crippen LogP contribution < -0.4 is 5.32 Å². The van der Waals surface area contributed by atoms with Crippen molar-refractivity contribution in [3.8, 4) is 0 Å². The van der Waals surface area contributed by atoms with Crippen molar-refractivity contribution in [2.24, 2.45) is 0 Å². The van der Waals surface area contributed by atoms with Crippen LogP contribution in [0.4, 0.5) is 5.13 Å². The Bertz CT molecular complexity index is 879. The molecule has 7 nitrogen and oxygen atoms in total. The lowest BCUT2D eigenvalue weighted by molar-refractivity contribution is -0.120. The van der Waals surface area contributed by atoms with Gasteiger partial charge in [0.1, 0.15) is 11.0 Å². The molecule has 1 N–H and O–H groups in total. The van der Waals surface area contributed by atoms with E-state index in [1.54, 1.807) is 6.92 Å². The van der Waals surface area contributed by atoms with Gasteiger partial charge < -0.3 is 0 Å². The molecule has 2 aromatic rings. The van der Waals surface area contributed by atoms with Gasteiger partial charge in [-0.25, -0.2) is 8.42 Å². The van der Waals surface area contributed by atoms with Crippen LogP contribution in [0.25, 0.3) is 0 Å². The second-order valence-electron chi connectivity index (χ2n) is 5.78. The van der Waals surface area contributed by atoms with Gasteiger partial charge in [-0.15, -0.1) is 10.2 Å². The Kier molecular flexibility index (Phi) is 5.16. The summed E-state index contributed by atoms with van der Waals surface area (Å²) in [5.74, 6) is -0.414. The van der Waals surface area contributed by atoms with E-state index in [0.29, 0.717) is 11.6 Å². The standard InChI is InChI=1S/C16H20N4O3S2/c1-3-14-18-19-16(24-14)17-15(21)13-9-11-7-5-6-8-12(11)10-20(13)25(22,23)4-2/h5-8,13H,3-4,9-10H2,1-2H3,(H,17,19,21)/t13-/m1/s1. The molecule has 0 radical (unpaired) electrons. The number of fused-ring (bicyclic) bond motifs is 1. The van der Waals surface area contributed by atoms with Crippen LogP contribution in [0, 0.1) is 0 Å². The minimum atomic E-state index is -3.51. The number of hydrogen-bond donors (Lipinski definition) is 1. The Balaban J connectivity index is 1.89. The summed E-state index contributed by atoms with van der Waals surface area (Å²) in [5, 5.41) is 11.9. The molecule has 1 aromatic heterocycles. The largest absolute Gasteiger partial charge is 0.299 e. The zero-order valence-corrected chi connectivity index (χ0v) is 15.7. The number of anilines is 1. The summed E-state index contributed by atoms with van der Waals surface area (Å²) in [5.41, 5.74) is 1.93. The molecular weight excluding hydrogens is 360 g/mol. The maximum Gasteiger partial charge on any atom is 0.245 e. The number of sulfonamides is 1. The number of hydrogen-bond acceptors (Lipinski definition) is 6. The van der Waals surface area contributed by atoms with Crippen molar-refractivity contribution in [3.63, 3.8) is 0 Å². The smallest absolute Gasteiger partial charge is 0.245 e. The Morgan fingerprint density at radius 3 is 2.64 bits per heavy atom. The number of aryl methyl sites for hydroxylation is 1. The fourth-order valence-electron chi connectivity index (χ4n) is 2.82. The molecule has 2 heterocycles. The third-order valence-electron chi connectivity index (χ3n) is 4.23. The van der Waals surface area contributed by atoms with Crippen molar-refractivity contribution >= 4 is 32.4 Å². The van der Waals surface area contributed by atoms with E-state index in [4.69, 9.17) is 0 Å². The highest BCUT2D eigenvalue weighted by Gasteiger charge is 2.38. The predicted octanol–water partition coefficient (Wildman–Crippen LogP) is 1.82.